The van der Waals surface area contributed by atoms with E-state index in [4.69, 9.17) is 0 Å². The average molecular weight is 372 g/mol. The number of aromatic hydroxyl groups is 1. The topological polar surface area (TPSA) is 77.9 Å². The Morgan fingerprint density at radius 3 is 2.20 bits per heavy atom. The number of hydrogen-bond donors (Lipinski definition) is 1. The molecule has 0 atom stereocenters. The van der Waals surface area contributed by atoms with E-state index < -0.39 is 27.8 Å². The number of benzene rings is 2. The summed E-state index contributed by atoms with van der Waals surface area (Å²) in [5.74, 6) is -0.225. The van der Waals surface area contributed by atoms with Gasteiger partial charge >= 0.3 is 12.2 Å². The maximum absolute atomic E-state index is 12.7. The summed E-state index contributed by atoms with van der Waals surface area (Å²) in [7, 11) is -3.04. The summed E-state index contributed by atoms with van der Waals surface area (Å²) in [5.41, 5.74) is -1.20. The molecule has 0 unspecified atom stereocenters. The van der Waals surface area contributed by atoms with Gasteiger partial charge in [0.25, 0.3) is 10.0 Å². The van der Waals surface area contributed by atoms with Crippen molar-refractivity contribution >= 4 is 27.4 Å². The van der Waals surface area contributed by atoms with Gasteiger partial charge in [-0.25, -0.2) is 13.2 Å². The van der Waals surface area contributed by atoms with Crippen molar-refractivity contribution in [2.45, 2.75) is 11.1 Å². The van der Waals surface area contributed by atoms with E-state index in [0.717, 1.165) is 35.2 Å². The van der Waals surface area contributed by atoms with Gasteiger partial charge in [-0.05, 0) is 36.4 Å². The second-order valence-electron chi connectivity index (χ2n) is 5.31. The predicted molar refractivity (Wildman–Crippen MR) is 83.0 cm³/mol. The minimum atomic E-state index is -4.58. The fourth-order valence-corrected chi connectivity index (χ4v) is 4.09. The van der Waals surface area contributed by atoms with E-state index in [1.54, 1.807) is 0 Å². The van der Waals surface area contributed by atoms with Crippen molar-refractivity contribution in [2.75, 3.05) is 16.3 Å². The largest absolute Gasteiger partial charge is 0.508 e. The van der Waals surface area contributed by atoms with Gasteiger partial charge in [-0.3, -0.25) is 4.90 Å². The number of carbonyl (C=O) groups excluding carboxylic acids is 1. The third kappa shape index (κ3) is 2.68. The monoisotopic (exact) mass is 372 g/mol. The van der Waals surface area contributed by atoms with Crippen LogP contribution in [0.4, 0.5) is 29.3 Å². The van der Waals surface area contributed by atoms with Crippen molar-refractivity contribution in [1.29, 1.82) is 0 Å². The van der Waals surface area contributed by atoms with Crippen molar-refractivity contribution < 1.29 is 31.5 Å². The van der Waals surface area contributed by atoms with Crippen LogP contribution in [-0.2, 0) is 16.2 Å². The number of anilines is 2. The zero-order chi connectivity index (χ0) is 18.6. The number of phenols is 1. The number of halogens is 3. The maximum Gasteiger partial charge on any atom is 0.416 e. The Kier molecular flexibility index (Phi) is 3.68. The summed E-state index contributed by atoms with van der Waals surface area (Å²) in [5, 5.41) is 9.50. The first-order valence-corrected chi connectivity index (χ1v) is 8.31. The SMILES string of the molecule is CN1C(=O)N(c2ccc(C(F)(F)F)cc2)S(=O)(=O)c2ccc(O)cc21. The molecule has 1 heterocycles. The van der Waals surface area contributed by atoms with E-state index in [-0.39, 0.29) is 22.0 Å². The molecule has 10 heteroatoms. The van der Waals surface area contributed by atoms with Gasteiger partial charge in [0.1, 0.15) is 10.6 Å². The Morgan fingerprint density at radius 2 is 1.64 bits per heavy atom. The van der Waals surface area contributed by atoms with E-state index >= 15 is 0 Å². The zero-order valence-electron chi connectivity index (χ0n) is 12.6. The van der Waals surface area contributed by atoms with E-state index in [2.05, 4.69) is 0 Å². The smallest absolute Gasteiger partial charge is 0.416 e. The lowest BCUT2D eigenvalue weighted by Crippen LogP contribution is -2.49. The third-order valence-corrected chi connectivity index (χ3v) is 5.46. The number of urea groups is 1. The molecule has 3 rings (SSSR count). The second-order valence-corrected chi connectivity index (χ2v) is 7.06. The number of phenolic OH excluding ortho intramolecular Hbond substituents is 1. The van der Waals surface area contributed by atoms with Crippen LogP contribution in [0.3, 0.4) is 0 Å². The maximum atomic E-state index is 12.7. The highest BCUT2D eigenvalue weighted by Crippen LogP contribution is 2.39. The lowest BCUT2D eigenvalue weighted by Gasteiger charge is -2.34. The number of hydrogen-bond acceptors (Lipinski definition) is 4. The van der Waals surface area contributed by atoms with E-state index in [9.17, 15) is 31.5 Å². The number of nitrogens with zero attached hydrogens (tertiary/aromatic N) is 2. The van der Waals surface area contributed by atoms with Gasteiger partial charge in [0, 0.05) is 13.1 Å². The van der Waals surface area contributed by atoms with Crippen molar-refractivity contribution in [3.05, 3.63) is 48.0 Å². The number of sulfonamides is 1. The van der Waals surface area contributed by atoms with Crippen LogP contribution in [0.5, 0.6) is 5.75 Å². The highest BCUT2D eigenvalue weighted by Gasteiger charge is 2.41. The van der Waals surface area contributed by atoms with Crippen molar-refractivity contribution in [3.63, 3.8) is 0 Å². The van der Waals surface area contributed by atoms with Gasteiger partial charge in [-0.15, -0.1) is 0 Å². The molecule has 2 amide bonds. The van der Waals surface area contributed by atoms with Crippen LogP contribution in [-0.4, -0.2) is 26.6 Å². The Bertz CT molecular complexity index is 956. The minimum Gasteiger partial charge on any atom is -0.508 e. The summed E-state index contributed by atoms with van der Waals surface area (Å²) in [6.45, 7) is 0. The normalized spacial score (nSPS) is 16.7. The van der Waals surface area contributed by atoms with Crippen molar-refractivity contribution in [1.82, 2.24) is 0 Å². The lowest BCUT2D eigenvalue weighted by molar-refractivity contribution is -0.137. The molecule has 0 saturated carbocycles. The highest BCUT2D eigenvalue weighted by atomic mass is 32.2. The number of amides is 2. The Balaban J connectivity index is 2.14. The molecule has 0 aromatic heterocycles. The average Bonchev–Trinajstić information content (AvgIpc) is 2.52. The molecule has 0 fully saturated rings. The second kappa shape index (κ2) is 5.38. The van der Waals surface area contributed by atoms with E-state index in [1.165, 1.54) is 7.05 Å². The molecular weight excluding hydrogens is 361 g/mol. The molecule has 1 aliphatic rings. The molecule has 1 N–H and O–H groups in total. The molecule has 0 aliphatic carbocycles. The summed E-state index contributed by atoms with van der Waals surface area (Å²) < 4.78 is 63.9. The highest BCUT2D eigenvalue weighted by molar-refractivity contribution is 7.94. The molecule has 0 saturated heterocycles. The summed E-state index contributed by atoms with van der Waals surface area (Å²) in [6.07, 6.45) is -4.58. The Morgan fingerprint density at radius 1 is 1.04 bits per heavy atom. The van der Waals surface area contributed by atoms with Crippen molar-refractivity contribution in [2.24, 2.45) is 0 Å². The molecule has 1 aliphatic heterocycles. The van der Waals surface area contributed by atoms with Gasteiger partial charge in [0.2, 0.25) is 0 Å². The number of alkyl halides is 3. The van der Waals surface area contributed by atoms with E-state index in [1.807, 2.05) is 0 Å². The van der Waals surface area contributed by atoms with Crippen LogP contribution in [0.2, 0.25) is 0 Å². The quantitative estimate of drug-likeness (QED) is 0.834. The van der Waals surface area contributed by atoms with Crippen LogP contribution in [0.25, 0.3) is 0 Å². The summed E-state index contributed by atoms with van der Waals surface area (Å²) in [6, 6.07) is 5.64. The fraction of sp³-hybridized carbons (Fsp3) is 0.133. The predicted octanol–water partition coefficient (Wildman–Crippen LogP) is 3.18. The van der Waals surface area contributed by atoms with Crippen LogP contribution in [0.15, 0.2) is 47.4 Å². The van der Waals surface area contributed by atoms with Crippen LogP contribution in [0.1, 0.15) is 5.56 Å². The summed E-state index contributed by atoms with van der Waals surface area (Å²) in [4.78, 5) is 13.2. The Labute approximate surface area is 140 Å². The number of carbonyl (C=O) groups is 1. The molecule has 0 radical (unpaired) electrons. The molecule has 6 nitrogen and oxygen atoms in total. The third-order valence-electron chi connectivity index (χ3n) is 3.71. The molecule has 132 valence electrons. The molecule has 25 heavy (non-hydrogen) atoms. The number of rotatable bonds is 1. The van der Waals surface area contributed by atoms with Gasteiger partial charge in [-0.2, -0.15) is 17.5 Å². The summed E-state index contributed by atoms with van der Waals surface area (Å²) >= 11 is 0. The van der Waals surface area contributed by atoms with Gasteiger partial charge in [0.05, 0.1) is 16.9 Å². The van der Waals surface area contributed by atoms with Gasteiger partial charge in [0.15, 0.2) is 0 Å². The Hall–Kier alpha value is -2.75. The van der Waals surface area contributed by atoms with Gasteiger partial charge in [-0.1, -0.05) is 0 Å². The zero-order valence-corrected chi connectivity index (χ0v) is 13.5. The molecule has 2 aromatic carbocycles. The first-order chi connectivity index (χ1) is 11.5. The standard InChI is InChI=1S/C15H11F3N2O4S/c1-19-12-8-11(21)6-7-13(12)25(23,24)20(14(19)22)10-4-2-9(3-5-10)15(16,17)18/h2-8,21H,1H3. The first-order valence-electron chi connectivity index (χ1n) is 6.87. The molecule has 0 bridgehead atoms. The van der Waals surface area contributed by atoms with Crippen LogP contribution in [0, 0.1) is 0 Å². The first kappa shape index (κ1) is 17.1. The lowest BCUT2D eigenvalue weighted by atomic mass is 10.2. The van der Waals surface area contributed by atoms with Crippen molar-refractivity contribution in [3.8, 4) is 5.75 Å². The van der Waals surface area contributed by atoms with E-state index in [0.29, 0.717) is 16.4 Å². The van der Waals surface area contributed by atoms with Gasteiger partial charge < -0.3 is 5.11 Å². The van der Waals surface area contributed by atoms with Crippen LogP contribution < -0.4 is 9.21 Å². The fourth-order valence-electron chi connectivity index (χ4n) is 2.46. The molecule has 0 spiro atoms. The molecular formula is C15H11F3N2O4S. The minimum absolute atomic E-state index is 0.0202. The molecule has 2 aromatic rings. The number of fused-ring (bicyclic) bond motifs is 1. The van der Waals surface area contributed by atoms with Crippen LogP contribution >= 0.6 is 0 Å².